The Bertz CT molecular complexity index is 564. The van der Waals surface area contributed by atoms with Gasteiger partial charge in [0.25, 0.3) is 0 Å². The molecule has 0 aliphatic heterocycles. The Balaban J connectivity index is 2.26. The Morgan fingerprint density at radius 2 is 2.18 bits per heavy atom. The number of nitrogens with one attached hydrogen (secondary N) is 1. The van der Waals surface area contributed by atoms with Gasteiger partial charge in [0, 0.05) is 17.4 Å². The second-order valence-electron chi connectivity index (χ2n) is 3.23. The number of rotatable bonds is 2. The molecule has 0 saturated heterocycles. The van der Waals surface area contributed by atoms with Gasteiger partial charge in [-0.1, -0.05) is 12.0 Å². The Morgan fingerprint density at radius 3 is 2.94 bits per heavy atom. The lowest BCUT2D eigenvalue weighted by Crippen LogP contribution is -1.98. The molecule has 4 nitrogen and oxygen atoms in total. The van der Waals surface area contributed by atoms with E-state index < -0.39 is 0 Å². The maximum atomic E-state index is 8.72. The van der Waals surface area contributed by atoms with Crippen molar-refractivity contribution in [1.82, 2.24) is 9.97 Å². The van der Waals surface area contributed by atoms with Gasteiger partial charge in [-0.3, -0.25) is 0 Å². The van der Waals surface area contributed by atoms with E-state index in [9.17, 15) is 0 Å². The Morgan fingerprint density at radius 1 is 1.29 bits per heavy atom. The molecule has 0 fully saturated rings. The van der Waals surface area contributed by atoms with Gasteiger partial charge in [0.1, 0.15) is 11.8 Å². The summed E-state index contributed by atoms with van der Waals surface area (Å²) >= 11 is 0. The topological polar surface area (TPSA) is 61.6 Å². The number of aromatic nitrogens is 2. The lowest BCUT2D eigenvalue weighted by atomic mass is 10.2. The molecule has 0 atom stereocenters. The van der Waals surface area contributed by atoms with E-state index >= 15 is 0 Å². The first-order valence-corrected chi connectivity index (χ1v) is 4.88. The minimum absolute atomic E-state index is 0.315. The van der Waals surface area contributed by atoms with E-state index in [1.54, 1.807) is 6.07 Å². The van der Waals surface area contributed by atoms with Gasteiger partial charge in [-0.05, 0) is 24.3 Å². The van der Waals surface area contributed by atoms with Crippen LogP contribution < -0.4 is 5.32 Å². The molecule has 0 radical (unpaired) electrons. The smallest absolute Gasteiger partial charge is 0.228 e. The largest absolute Gasteiger partial charge is 0.324 e. The number of hydrogen-bond donors (Lipinski definition) is 1. The van der Waals surface area contributed by atoms with Crippen molar-refractivity contribution < 1.29 is 0 Å². The van der Waals surface area contributed by atoms with E-state index in [0.29, 0.717) is 11.6 Å². The van der Waals surface area contributed by atoms with Gasteiger partial charge >= 0.3 is 0 Å². The lowest BCUT2D eigenvalue weighted by Gasteiger charge is -2.04. The summed E-state index contributed by atoms with van der Waals surface area (Å²) in [6.07, 6.45) is 6.83. The summed E-state index contributed by atoms with van der Waals surface area (Å²) in [5.41, 5.74) is 1.87. The van der Waals surface area contributed by atoms with Crippen LogP contribution in [0.1, 0.15) is 11.3 Å². The highest BCUT2D eigenvalue weighted by Gasteiger charge is 1.99. The minimum Gasteiger partial charge on any atom is -0.324 e. The van der Waals surface area contributed by atoms with Gasteiger partial charge < -0.3 is 5.32 Å². The molecule has 2 aromatic rings. The van der Waals surface area contributed by atoms with Crippen LogP contribution in [0, 0.1) is 23.7 Å². The molecule has 0 aliphatic rings. The molecule has 1 heterocycles. The zero-order valence-corrected chi connectivity index (χ0v) is 8.88. The SMILES string of the molecule is C#Cc1cccc(Nc2nccc(C#N)n2)c1. The summed E-state index contributed by atoms with van der Waals surface area (Å²) < 4.78 is 0. The van der Waals surface area contributed by atoms with Gasteiger partial charge in [0.05, 0.1) is 0 Å². The summed E-state index contributed by atoms with van der Waals surface area (Å²) in [6, 6.07) is 10.8. The van der Waals surface area contributed by atoms with Gasteiger partial charge in [0.15, 0.2) is 0 Å². The van der Waals surface area contributed by atoms with Crippen LogP contribution in [0.4, 0.5) is 11.6 Å². The molecule has 0 bridgehead atoms. The third kappa shape index (κ3) is 2.58. The van der Waals surface area contributed by atoms with Crippen LogP contribution in [-0.2, 0) is 0 Å². The average molecular weight is 220 g/mol. The summed E-state index contributed by atoms with van der Waals surface area (Å²) in [5, 5.41) is 11.7. The number of nitriles is 1. The van der Waals surface area contributed by atoms with E-state index in [4.69, 9.17) is 11.7 Å². The van der Waals surface area contributed by atoms with E-state index in [-0.39, 0.29) is 0 Å². The molecule has 1 N–H and O–H groups in total. The second-order valence-corrected chi connectivity index (χ2v) is 3.23. The summed E-state index contributed by atoms with van der Waals surface area (Å²) in [7, 11) is 0. The van der Waals surface area contributed by atoms with Crippen LogP contribution in [0.5, 0.6) is 0 Å². The molecule has 17 heavy (non-hydrogen) atoms. The van der Waals surface area contributed by atoms with Crippen molar-refractivity contribution in [2.24, 2.45) is 0 Å². The highest BCUT2D eigenvalue weighted by Crippen LogP contribution is 2.14. The van der Waals surface area contributed by atoms with Gasteiger partial charge in [-0.25, -0.2) is 9.97 Å². The predicted molar refractivity (Wildman–Crippen MR) is 64.4 cm³/mol. The molecule has 0 spiro atoms. The molecular formula is C13H8N4. The number of benzene rings is 1. The van der Waals surface area contributed by atoms with Crippen LogP contribution in [0.15, 0.2) is 36.5 Å². The highest BCUT2D eigenvalue weighted by molar-refractivity contribution is 5.56. The van der Waals surface area contributed by atoms with Gasteiger partial charge in [-0.15, -0.1) is 6.42 Å². The molecule has 0 unspecified atom stereocenters. The maximum Gasteiger partial charge on any atom is 0.228 e. The molecule has 4 heteroatoms. The Labute approximate surface area is 99.0 Å². The summed E-state index contributed by atoms with van der Waals surface area (Å²) in [6.45, 7) is 0. The zero-order valence-electron chi connectivity index (χ0n) is 8.88. The third-order valence-electron chi connectivity index (χ3n) is 2.06. The third-order valence-corrected chi connectivity index (χ3v) is 2.06. The minimum atomic E-state index is 0.315. The van der Waals surface area contributed by atoms with Crippen LogP contribution in [0.2, 0.25) is 0 Å². The van der Waals surface area contributed by atoms with Crippen LogP contribution in [-0.4, -0.2) is 9.97 Å². The number of terminal acetylenes is 1. The average Bonchev–Trinajstić information content (AvgIpc) is 2.39. The Hall–Kier alpha value is -2.85. The fourth-order valence-corrected chi connectivity index (χ4v) is 1.30. The Kier molecular flexibility index (Phi) is 3.00. The fourth-order valence-electron chi connectivity index (χ4n) is 1.30. The van der Waals surface area contributed by atoms with Crippen molar-refractivity contribution in [3.8, 4) is 18.4 Å². The van der Waals surface area contributed by atoms with Crippen LogP contribution in [0.3, 0.4) is 0 Å². The van der Waals surface area contributed by atoms with Crippen molar-refractivity contribution in [3.63, 3.8) is 0 Å². The van der Waals surface area contributed by atoms with Crippen molar-refractivity contribution in [1.29, 1.82) is 5.26 Å². The van der Waals surface area contributed by atoms with E-state index in [1.165, 1.54) is 6.20 Å². The quantitative estimate of drug-likeness (QED) is 0.787. The normalized spacial score (nSPS) is 9.06. The first-order chi connectivity index (χ1) is 8.31. The highest BCUT2D eigenvalue weighted by atomic mass is 15.1. The van der Waals surface area contributed by atoms with E-state index in [2.05, 4.69) is 21.2 Å². The second kappa shape index (κ2) is 4.78. The van der Waals surface area contributed by atoms with Crippen molar-refractivity contribution >= 4 is 11.6 Å². The molecule has 1 aromatic heterocycles. The van der Waals surface area contributed by atoms with Gasteiger partial charge in [0.2, 0.25) is 5.95 Å². The van der Waals surface area contributed by atoms with Crippen molar-refractivity contribution in [2.45, 2.75) is 0 Å². The molecule has 0 aliphatic carbocycles. The van der Waals surface area contributed by atoms with E-state index in [0.717, 1.165) is 11.3 Å². The monoisotopic (exact) mass is 220 g/mol. The van der Waals surface area contributed by atoms with Gasteiger partial charge in [-0.2, -0.15) is 5.26 Å². The number of hydrogen-bond acceptors (Lipinski definition) is 4. The maximum absolute atomic E-state index is 8.72. The van der Waals surface area contributed by atoms with E-state index in [1.807, 2.05) is 30.3 Å². The first kappa shape index (κ1) is 10.7. The standard InChI is InChI=1S/C13H8N4/c1-2-10-4-3-5-11(8-10)16-13-15-7-6-12(9-14)17-13/h1,3-8H,(H,15,16,17). The lowest BCUT2D eigenvalue weighted by molar-refractivity contribution is 1.14. The fraction of sp³-hybridized carbons (Fsp3) is 0. The molecule has 0 amide bonds. The molecule has 1 aromatic carbocycles. The summed E-state index contributed by atoms with van der Waals surface area (Å²) in [4.78, 5) is 8.02. The predicted octanol–water partition coefficient (Wildman–Crippen LogP) is 2.07. The van der Waals surface area contributed by atoms with Crippen LogP contribution in [0.25, 0.3) is 0 Å². The zero-order chi connectivity index (χ0) is 12.1. The van der Waals surface area contributed by atoms with Crippen molar-refractivity contribution in [3.05, 3.63) is 47.8 Å². The molecule has 0 saturated carbocycles. The first-order valence-electron chi connectivity index (χ1n) is 4.88. The molecular weight excluding hydrogens is 212 g/mol. The van der Waals surface area contributed by atoms with Crippen molar-refractivity contribution in [2.75, 3.05) is 5.32 Å². The number of anilines is 2. The molecule has 80 valence electrons. The molecule has 2 rings (SSSR count). The number of nitrogens with zero attached hydrogens (tertiary/aromatic N) is 3. The summed E-state index contributed by atoms with van der Waals surface area (Å²) in [5.74, 6) is 2.92. The van der Waals surface area contributed by atoms with Crippen LogP contribution >= 0.6 is 0 Å².